The molecule has 0 aliphatic carbocycles. The first-order chi connectivity index (χ1) is 4.33. The van der Waals surface area contributed by atoms with E-state index in [9.17, 15) is 4.79 Å². The van der Waals surface area contributed by atoms with Crippen LogP contribution < -0.4 is 0 Å². The summed E-state index contributed by atoms with van der Waals surface area (Å²) in [5, 5.41) is 8.34. The van der Waals surface area contributed by atoms with Gasteiger partial charge in [-0.2, -0.15) is 5.26 Å². The zero-order valence-corrected chi connectivity index (χ0v) is 5.13. The number of hydrogen-bond acceptors (Lipinski definition) is 3. The standard InChI is InChI=1S/C6H8N2O/c7-5-8-3-1-6(9)2-4-8/h1-4H2. The van der Waals surface area contributed by atoms with Gasteiger partial charge in [-0.05, 0) is 0 Å². The number of piperidine rings is 1. The Balaban J connectivity index is 2.37. The Kier molecular flexibility index (Phi) is 1.69. The van der Waals surface area contributed by atoms with Crippen molar-refractivity contribution in [3.63, 3.8) is 0 Å². The van der Waals surface area contributed by atoms with Gasteiger partial charge < -0.3 is 4.90 Å². The van der Waals surface area contributed by atoms with Gasteiger partial charge >= 0.3 is 0 Å². The van der Waals surface area contributed by atoms with Crippen LogP contribution in [0.2, 0.25) is 0 Å². The molecule has 0 N–H and O–H groups in total. The largest absolute Gasteiger partial charge is 0.310 e. The van der Waals surface area contributed by atoms with Crippen LogP contribution in [0.1, 0.15) is 12.8 Å². The molecule has 0 aromatic rings. The molecule has 0 saturated carbocycles. The van der Waals surface area contributed by atoms with Gasteiger partial charge in [0.05, 0.1) is 0 Å². The minimum absolute atomic E-state index is 0.279. The first-order valence-corrected chi connectivity index (χ1v) is 2.99. The highest BCUT2D eigenvalue weighted by molar-refractivity contribution is 5.79. The van der Waals surface area contributed by atoms with Crippen molar-refractivity contribution in [1.82, 2.24) is 4.90 Å². The lowest BCUT2D eigenvalue weighted by Crippen LogP contribution is -2.29. The molecule has 1 aliphatic heterocycles. The number of likely N-dealkylation sites (tertiary alicyclic amines) is 1. The summed E-state index contributed by atoms with van der Waals surface area (Å²) in [5.74, 6) is 0.279. The maximum atomic E-state index is 10.6. The van der Waals surface area contributed by atoms with E-state index in [1.54, 1.807) is 4.90 Å². The number of nitriles is 1. The summed E-state index contributed by atoms with van der Waals surface area (Å²) in [6.07, 6.45) is 3.10. The SMILES string of the molecule is N#CN1CCC(=O)CC1. The van der Waals surface area contributed by atoms with E-state index >= 15 is 0 Å². The summed E-state index contributed by atoms with van der Waals surface area (Å²) >= 11 is 0. The number of nitrogens with zero attached hydrogens (tertiary/aromatic N) is 2. The number of carbonyl (C=O) groups is 1. The Bertz CT molecular complexity index is 149. The van der Waals surface area contributed by atoms with Crippen LogP contribution in [0.5, 0.6) is 0 Å². The van der Waals surface area contributed by atoms with E-state index in [0.717, 1.165) is 0 Å². The maximum absolute atomic E-state index is 10.6. The zero-order chi connectivity index (χ0) is 6.69. The highest BCUT2D eigenvalue weighted by atomic mass is 16.1. The van der Waals surface area contributed by atoms with Crippen LogP contribution in [0.25, 0.3) is 0 Å². The van der Waals surface area contributed by atoms with E-state index in [-0.39, 0.29) is 5.78 Å². The van der Waals surface area contributed by atoms with Crippen molar-refractivity contribution in [3.8, 4) is 6.19 Å². The smallest absolute Gasteiger partial charge is 0.179 e. The number of carbonyl (C=O) groups excluding carboxylic acids is 1. The van der Waals surface area contributed by atoms with E-state index in [0.29, 0.717) is 25.9 Å². The maximum Gasteiger partial charge on any atom is 0.179 e. The highest BCUT2D eigenvalue weighted by Crippen LogP contribution is 2.02. The number of Topliss-reactive ketones (excluding diaryl/α,β-unsaturated/α-hetero) is 1. The summed E-state index contributed by atoms with van der Waals surface area (Å²) in [6.45, 7) is 1.24. The molecule has 1 fully saturated rings. The Labute approximate surface area is 53.9 Å². The highest BCUT2D eigenvalue weighted by Gasteiger charge is 2.13. The Morgan fingerprint density at radius 1 is 1.44 bits per heavy atom. The van der Waals surface area contributed by atoms with Gasteiger partial charge in [0.25, 0.3) is 0 Å². The Morgan fingerprint density at radius 2 is 2.00 bits per heavy atom. The molecular weight excluding hydrogens is 116 g/mol. The first kappa shape index (κ1) is 6.09. The number of rotatable bonds is 0. The summed E-state index contributed by atoms with van der Waals surface area (Å²) < 4.78 is 0. The van der Waals surface area contributed by atoms with Crippen LogP contribution in [0.4, 0.5) is 0 Å². The molecule has 0 bridgehead atoms. The minimum atomic E-state index is 0.279. The van der Waals surface area contributed by atoms with Crippen molar-refractivity contribution >= 4 is 5.78 Å². The van der Waals surface area contributed by atoms with Gasteiger partial charge in [0.1, 0.15) is 5.78 Å². The molecule has 0 radical (unpaired) electrons. The molecular formula is C6H8N2O. The van der Waals surface area contributed by atoms with Gasteiger partial charge in [0.2, 0.25) is 0 Å². The molecule has 1 saturated heterocycles. The zero-order valence-electron chi connectivity index (χ0n) is 5.13. The molecule has 3 nitrogen and oxygen atoms in total. The molecule has 0 atom stereocenters. The monoisotopic (exact) mass is 124 g/mol. The van der Waals surface area contributed by atoms with Crippen molar-refractivity contribution < 1.29 is 4.79 Å². The third kappa shape index (κ3) is 1.43. The van der Waals surface area contributed by atoms with E-state index < -0.39 is 0 Å². The van der Waals surface area contributed by atoms with Gasteiger partial charge in [-0.25, -0.2) is 0 Å². The van der Waals surface area contributed by atoms with Crippen LogP contribution in [-0.4, -0.2) is 23.8 Å². The molecule has 1 heterocycles. The van der Waals surface area contributed by atoms with Crippen molar-refractivity contribution in [3.05, 3.63) is 0 Å². The average Bonchev–Trinajstić information content (AvgIpc) is 1.90. The Morgan fingerprint density at radius 3 is 2.44 bits per heavy atom. The quantitative estimate of drug-likeness (QED) is 0.431. The van der Waals surface area contributed by atoms with Gasteiger partial charge in [0.15, 0.2) is 6.19 Å². The molecule has 0 amide bonds. The number of ketones is 1. The van der Waals surface area contributed by atoms with E-state index in [4.69, 9.17) is 5.26 Å². The predicted molar refractivity (Wildman–Crippen MR) is 31.4 cm³/mol. The lowest BCUT2D eigenvalue weighted by Gasteiger charge is -2.18. The molecule has 0 unspecified atom stereocenters. The van der Waals surface area contributed by atoms with Gasteiger partial charge in [0, 0.05) is 25.9 Å². The fraction of sp³-hybridized carbons (Fsp3) is 0.667. The van der Waals surface area contributed by atoms with Gasteiger partial charge in [-0.15, -0.1) is 0 Å². The fourth-order valence-corrected chi connectivity index (χ4v) is 0.856. The van der Waals surface area contributed by atoms with Crippen molar-refractivity contribution in [1.29, 1.82) is 5.26 Å². The lowest BCUT2D eigenvalue weighted by molar-refractivity contribution is -0.120. The second kappa shape index (κ2) is 2.49. The van der Waals surface area contributed by atoms with E-state index in [1.165, 1.54) is 0 Å². The van der Waals surface area contributed by atoms with Gasteiger partial charge in [-0.3, -0.25) is 4.79 Å². The predicted octanol–water partition coefficient (Wildman–Crippen LogP) is 0.132. The summed E-state index contributed by atoms with van der Waals surface area (Å²) in [5.41, 5.74) is 0. The summed E-state index contributed by atoms with van der Waals surface area (Å²) in [6, 6.07) is 0. The molecule has 48 valence electrons. The molecule has 0 aromatic carbocycles. The summed E-state index contributed by atoms with van der Waals surface area (Å²) in [7, 11) is 0. The summed E-state index contributed by atoms with van der Waals surface area (Å²) in [4.78, 5) is 12.2. The second-order valence-corrected chi connectivity index (χ2v) is 2.13. The van der Waals surface area contributed by atoms with E-state index in [1.807, 2.05) is 6.19 Å². The third-order valence-corrected chi connectivity index (χ3v) is 1.46. The molecule has 9 heavy (non-hydrogen) atoms. The average molecular weight is 124 g/mol. The van der Waals surface area contributed by atoms with Crippen LogP contribution in [0, 0.1) is 11.5 Å². The van der Waals surface area contributed by atoms with Crippen LogP contribution in [0.15, 0.2) is 0 Å². The van der Waals surface area contributed by atoms with Gasteiger partial charge in [-0.1, -0.05) is 0 Å². The van der Waals surface area contributed by atoms with Crippen molar-refractivity contribution in [2.75, 3.05) is 13.1 Å². The molecule has 3 heteroatoms. The van der Waals surface area contributed by atoms with Crippen LogP contribution in [0.3, 0.4) is 0 Å². The normalized spacial score (nSPS) is 19.4. The molecule has 1 aliphatic rings. The van der Waals surface area contributed by atoms with Crippen molar-refractivity contribution in [2.24, 2.45) is 0 Å². The fourth-order valence-electron chi connectivity index (χ4n) is 0.856. The van der Waals surface area contributed by atoms with Crippen LogP contribution >= 0.6 is 0 Å². The number of hydrogen-bond donors (Lipinski definition) is 0. The minimum Gasteiger partial charge on any atom is -0.310 e. The molecule has 1 rings (SSSR count). The van der Waals surface area contributed by atoms with Crippen LogP contribution in [-0.2, 0) is 4.79 Å². The van der Waals surface area contributed by atoms with Crippen molar-refractivity contribution in [2.45, 2.75) is 12.8 Å². The third-order valence-electron chi connectivity index (χ3n) is 1.46. The topological polar surface area (TPSA) is 44.1 Å². The Hall–Kier alpha value is -1.04. The van der Waals surface area contributed by atoms with E-state index in [2.05, 4.69) is 0 Å². The first-order valence-electron chi connectivity index (χ1n) is 2.99. The lowest BCUT2D eigenvalue weighted by atomic mass is 10.1. The molecule has 0 aromatic heterocycles. The molecule has 0 spiro atoms. The second-order valence-electron chi connectivity index (χ2n) is 2.13.